The molecule has 0 atom stereocenters. The molecule has 0 saturated heterocycles. The second-order valence-corrected chi connectivity index (χ2v) is 3.19. The second-order valence-electron chi connectivity index (χ2n) is 3.19. The fourth-order valence-electron chi connectivity index (χ4n) is 1.39. The molecule has 0 aliphatic carbocycles. The first-order chi connectivity index (χ1) is 6.86. The number of hydrogen-bond donors (Lipinski definition) is 0. The molecule has 0 saturated carbocycles. The van der Waals surface area contributed by atoms with Gasteiger partial charge in [0.2, 0.25) is 0 Å². The molecule has 0 aromatic carbocycles. The largest absolute Gasteiger partial charge is 0.261 e. The third-order valence-electron chi connectivity index (χ3n) is 1.96. The van der Waals surface area contributed by atoms with Gasteiger partial charge in [-0.3, -0.25) is 4.98 Å². The maximum atomic E-state index is 4.31. The van der Waals surface area contributed by atoms with E-state index in [1.165, 1.54) is 5.57 Å². The fourth-order valence-corrected chi connectivity index (χ4v) is 1.39. The van der Waals surface area contributed by atoms with E-state index in [1.807, 2.05) is 25.3 Å². The van der Waals surface area contributed by atoms with Crippen molar-refractivity contribution < 1.29 is 0 Å². The minimum Gasteiger partial charge on any atom is -0.261 e. The molecule has 0 radical (unpaired) electrons. The van der Waals surface area contributed by atoms with Crippen LogP contribution >= 0.6 is 0 Å². The Morgan fingerprint density at radius 1 is 1.43 bits per heavy atom. The average Bonchev–Trinajstić information content (AvgIpc) is 2.20. The van der Waals surface area contributed by atoms with Crippen LogP contribution in [0, 0.1) is 0 Å². The Morgan fingerprint density at radius 2 is 2.29 bits per heavy atom. The van der Waals surface area contributed by atoms with E-state index in [9.17, 15) is 0 Å². The van der Waals surface area contributed by atoms with Gasteiger partial charge in [0.25, 0.3) is 0 Å². The van der Waals surface area contributed by atoms with Gasteiger partial charge in [-0.15, -0.1) is 0 Å². The summed E-state index contributed by atoms with van der Waals surface area (Å²) in [6.07, 6.45) is 10.3. The van der Waals surface area contributed by atoms with E-state index in [-0.39, 0.29) is 0 Å². The lowest BCUT2D eigenvalue weighted by molar-refractivity contribution is 1.05. The zero-order valence-electron chi connectivity index (χ0n) is 8.90. The van der Waals surface area contributed by atoms with Gasteiger partial charge >= 0.3 is 0 Å². The van der Waals surface area contributed by atoms with Crippen LogP contribution in [0.2, 0.25) is 0 Å². The molecule has 14 heavy (non-hydrogen) atoms. The lowest BCUT2D eigenvalue weighted by Crippen LogP contribution is -1.90. The minimum atomic E-state index is 0.930. The Morgan fingerprint density at radius 3 is 2.86 bits per heavy atom. The number of pyridine rings is 1. The average molecular weight is 187 g/mol. The first-order valence-corrected chi connectivity index (χ1v) is 5.08. The summed E-state index contributed by atoms with van der Waals surface area (Å²) in [5, 5.41) is 0. The van der Waals surface area contributed by atoms with Gasteiger partial charge in [0.05, 0.1) is 0 Å². The molecule has 0 fully saturated rings. The van der Waals surface area contributed by atoms with Crippen LogP contribution in [-0.4, -0.2) is 4.98 Å². The van der Waals surface area contributed by atoms with Crippen LogP contribution in [0.1, 0.15) is 26.0 Å². The summed E-state index contributed by atoms with van der Waals surface area (Å²) in [7, 11) is 0. The van der Waals surface area contributed by atoms with Crippen molar-refractivity contribution in [1.29, 1.82) is 0 Å². The highest BCUT2D eigenvalue weighted by Crippen LogP contribution is 2.07. The van der Waals surface area contributed by atoms with E-state index in [2.05, 4.69) is 36.2 Å². The highest BCUT2D eigenvalue weighted by atomic mass is 14.7. The Labute approximate surface area is 86.2 Å². The topological polar surface area (TPSA) is 12.9 Å². The lowest BCUT2D eigenvalue weighted by atomic mass is 10.1. The van der Waals surface area contributed by atoms with Crippen LogP contribution < -0.4 is 0 Å². The van der Waals surface area contributed by atoms with Gasteiger partial charge in [0.15, 0.2) is 0 Å². The van der Waals surface area contributed by atoms with Crippen molar-refractivity contribution in [3.05, 3.63) is 53.9 Å². The molecule has 1 heteroatoms. The summed E-state index contributed by atoms with van der Waals surface area (Å²) in [5.41, 5.74) is 2.47. The first-order valence-electron chi connectivity index (χ1n) is 5.08. The molecule has 1 heterocycles. The molecule has 0 bridgehead atoms. The molecule has 0 aliphatic rings. The molecule has 0 aliphatic heterocycles. The van der Waals surface area contributed by atoms with Gasteiger partial charge in [0.1, 0.15) is 0 Å². The van der Waals surface area contributed by atoms with E-state index in [0.29, 0.717) is 0 Å². The van der Waals surface area contributed by atoms with E-state index in [0.717, 1.165) is 18.5 Å². The maximum Gasteiger partial charge on any atom is 0.0447 e. The Kier molecular flexibility index (Phi) is 4.70. The summed E-state index contributed by atoms with van der Waals surface area (Å²) in [5.74, 6) is 0. The third kappa shape index (κ3) is 3.56. The molecule has 0 N–H and O–H groups in total. The van der Waals surface area contributed by atoms with Crippen LogP contribution in [0.4, 0.5) is 0 Å². The highest BCUT2D eigenvalue weighted by Gasteiger charge is 1.95. The predicted molar refractivity (Wildman–Crippen MR) is 61.1 cm³/mol. The van der Waals surface area contributed by atoms with Gasteiger partial charge < -0.3 is 0 Å². The third-order valence-corrected chi connectivity index (χ3v) is 1.96. The molecule has 1 nitrogen and oxygen atoms in total. The van der Waals surface area contributed by atoms with Crippen LogP contribution in [0.15, 0.2) is 48.2 Å². The maximum absolute atomic E-state index is 4.31. The number of aromatic nitrogens is 1. The van der Waals surface area contributed by atoms with Gasteiger partial charge in [-0.1, -0.05) is 31.2 Å². The predicted octanol–water partition coefficient (Wildman–Crippen LogP) is 3.54. The molecule has 0 amide bonds. The van der Waals surface area contributed by atoms with Crippen LogP contribution in [0.5, 0.6) is 0 Å². The number of nitrogens with zero attached hydrogens (tertiary/aromatic N) is 1. The van der Waals surface area contributed by atoms with E-state index in [1.54, 1.807) is 0 Å². The van der Waals surface area contributed by atoms with Gasteiger partial charge in [-0.05, 0) is 31.1 Å². The molecule has 74 valence electrons. The van der Waals surface area contributed by atoms with Crippen molar-refractivity contribution in [3.63, 3.8) is 0 Å². The van der Waals surface area contributed by atoms with Crippen molar-refractivity contribution in [2.75, 3.05) is 0 Å². The fraction of sp³-hybridized carbons (Fsp3) is 0.308. The van der Waals surface area contributed by atoms with Crippen LogP contribution in [0.25, 0.3) is 0 Å². The van der Waals surface area contributed by atoms with Crippen molar-refractivity contribution in [1.82, 2.24) is 4.98 Å². The smallest absolute Gasteiger partial charge is 0.0447 e. The van der Waals surface area contributed by atoms with Crippen molar-refractivity contribution >= 4 is 0 Å². The lowest BCUT2D eigenvalue weighted by Gasteiger charge is -2.01. The van der Waals surface area contributed by atoms with Crippen molar-refractivity contribution in [3.8, 4) is 0 Å². The molecule has 0 unspecified atom stereocenters. The van der Waals surface area contributed by atoms with Gasteiger partial charge in [-0.25, -0.2) is 0 Å². The summed E-state index contributed by atoms with van der Waals surface area (Å²) in [6, 6.07) is 6.04. The van der Waals surface area contributed by atoms with Gasteiger partial charge in [0, 0.05) is 18.3 Å². The zero-order valence-corrected chi connectivity index (χ0v) is 8.90. The van der Waals surface area contributed by atoms with Crippen molar-refractivity contribution in [2.45, 2.75) is 26.7 Å². The molecule has 1 aromatic heterocycles. The molecule has 1 aromatic rings. The summed E-state index contributed by atoms with van der Waals surface area (Å²) in [6.45, 7) is 4.20. The Bertz CT molecular complexity index is 309. The summed E-state index contributed by atoms with van der Waals surface area (Å²) >= 11 is 0. The van der Waals surface area contributed by atoms with Gasteiger partial charge in [-0.2, -0.15) is 0 Å². The Hall–Kier alpha value is -1.37. The van der Waals surface area contributed by atoms with E-state index < -0.39 is 0 Å². The molecule has 1 rings (SSSR count). The molecular formula is C13H17N. The number of hydrogen-bond acceptors (Lipinski definition) is 1. The Balaban J connectivity index is 2.70. The molecular weight excluding hydrogens is 170 g/mol. The standard InChI is InChI=1S/C13H17N/c1-3-7-12(8-4-2)11-13-9-5-6-10-14-13/h3,5-10H,4,11H2,1-2H3/b7-3-,12-8+. The number of allylic oxidation sites excluding steroid dienone is 4. The monoisotopic (exact) mass is 187 g/mol. The quantitative estimate of drug-likeness (QED) is 0.657. The summed E-state index contributed by atoms with van der Waals surface area (Å²) in [4.78, 5) is 4.31. The normalized spacial score (nSPS) is 12.3. The van der Waals surface area contributed by atoms with Crippen LogP contribution in [0.3, 0.4) is 0 Å². The highest BCUT2D eigenvalue weighted by molar-refractivity contribution is 5.24. The second kappa shape index (κ2) is 6.14. The number of rotatable bonds is 4. The minimum absolute atomic E-state index is 0.930. The zero-order chi connectivity index (χ0) is 10.2. The first kappa shape index (κ1) is 10.7. The molecule has 0 spiro atoms. The van der Waals surface area contributed by atoms with Crippen LogP contribution in [-0.2, 0) is 6.42 Å². The van der Waals surface area contributed by atoms with Crippen molar-refractivity contribution in [2.24, 2.45) is 0 Å². The van der Waals surface area contributed by atoms with E-state index in [4.69, 9.17) is 0 Å². The summed E-state index contributed by atoms with van der Waals surface area (Å²) < 4.78 is 0. The van der Waals surface area contributed by atoms with E-state index >= 15 is 0 Å². The SMILES string of the molecule is C/C=C\C(=C/CC)Cc1ccccn1.